The first-order chi connectivity index (χ1) is 9.65. The maximum atomic E-state index is 12.1. The summed E-state index contributed by atoms with van der Waals surface area (Å²) in [5.74, 6) is -0.317. The maximum Gasteiger partial charge on any atom is 0.233 e. The Bertz CT molecular complexity index is 465. The summed E-state index contributed by atoms with van der Waals surface area (Å²) in [4.78, 5) is 25.7. The van der Waals surface area contributed by atoms with Gasteiger partial charge in [0.2, 0.25) is 11.8 Å². The molecule has 0 radical (unpaired) electrons. The van der Waals surface area contributed by atoms with Crippen LogP contribution in [0.15, 0.2) is 28.7 Å². The van der Waals surface area contributed by atoms with E-state index in [1.807, 2.05) is 17.0 Å². The predicted molar refractivity (Wildman–Crippen MR) is 82.4 cm³/mol. The third-order valence-corrected chi connectivity index (χ3v) is 3.93. The van der Waals surface area contributed by atoms with E-state index in [2.05, 4.69) is 21.2 Å². The molecule has 0 aromatic heterocycles. The number of rotatable bonds is 3. The fourth-order valence-corrected chi connectivity index (χ4v) is 2.57. The van der Waals surface area contributed by atoms with Crippen molar-refractivity contribution in [2.24, 2.45) is 0 Å². The lowest BCUT2D eigenvalue weighted by molar-refractivity contribution is -0.134. The van der Waals surface area contributed by atoms with Gasteiger partial charge in [0, 0.05) is 23.2 Å². The summed E-state index contributed by atoms with van der Waals surface area (Å²) in [6.45, 7) is 1.56. The van der Waals surface area contributed by atoms with E-state index in [9.17, 15) is 9.59 Å². The molecule has 1 saturated heterocycles. The first kappa shape index (κ1) is 15.0. The number of hydrogen-bond acceptors (Lipinski definition) is 2. The number of hydrogen-bond donors (Lipinski definition) is 1. The number of anilines is 1. The van der Waals surface area contributed by atoms with Crippen LogP contribution in [0.2, 0.25) is 0 Å². The highest BCUT2D eigenvalue weighted by atomic mass is 79.9. The van der Waals surface area contributed by atoms with Crippen LogP contribution < -0.4 is 5.32 Å². The summed E-state index contributed by atoms with van der Waals surface area (Å²) in [6, 6.07) is 7.31. The zero-order valence-corrected chi connectivity index (χ0v) is 13.0. The molecule has 1 aromatic rings. The number of benzene rings is 1. The summed E-state index contributed by atoms with van der Waals surface area (Å²) in [5.41, 5.74) is 0.710. The quantitative estimate of drug-likeness (QED) is 0.860. The summed E-state index contributed by atoms with van der Waals surface area (Å²) in [6.07, 6.45) is 4.36. The molecule has 0 bridgehead atoms. The first-order valence-corrected chi connectivity index (χ1v) is 7.77. The lowest BCUT2D eigenvalue weighted by Crippen LogP contribution is -2.34. The van der Waals surface area contributed by atoms with Crippen molar-refractivity contribution in [3.8, 4) is 0 Å². The van der Waals surface area contributed by atoms with Crippen LogP contribution in [0.1, 0.15) is 32.1 Å². The minimum Gasteiger partial charge on any atom is -0.342 e. The van der Waals surface area contributed by atoms with Crippen molar-refractivity contribution < 1.29 is 9.59 Å². The summed E-state index contributed by atoms with van der Waals surface area (Å²) < 4.78 is 0.955. The predicted octanol–water partition coefficient (Wildman–Crippen LogP) is 3.18. The van der Waals surface area contributed by atoms with Gasteiger partial charge in [-0.25, -0.2) is 0 Å². The minimum atomic E-state index is -0.249. The molecule has 4 nitrogen and oxygen atoms in total. The third kappa shape index (κ3) is 4.63. The van der Waals surface area contributed by atoms with Crippen molar-refractivity contribution in [1.29, 1.82) is 0 Å². The lowest BCUT2D eigenvalue weighted by Gasteiger charge is -2.19. The van der Waals surface area contributed by atoms with Crippen LogP contribution in [0.5, 0.6) is 0 Å². The molecule has 1 aliphatic heterocycles. The molecule has 1 aromatic carbocycles. The topological polar surface area (TPSA) is 49.4 Å². The number of halogens is 1. The molecule has 1 aliphatic rings. The standard InChI is InChI=1S/C15H19BrN2O2/c16-12-5-7-13(8-6-12)17-14(19)11-15(20)18-9-3-1-2-4-10-18/h5-8H,1-4,9-11H2,(H,17,19). The van der Waals surface area contributed by atoms with Crippen molar-refractivity contribution in [3.05, 3.63) is 28.7 Å². The number of carbonyl (C=O) groups excluding carboxylic acids is 2. The Labute approximate surface area is 127 Å². The minimum absolute atomic E-state index is 0.0680. The van der Waals surface area contributed by atoms with Crippen LogP contribution in [-0.2, 0) is 9.59 Å². The zero-order valence-electron chi connectivity index (χ0n) is 11.4. The van der Waals surface area contributed by atoms with E-state index in [0.717, 1.165) is 30.4 Å². The zero-order chi connectivity index (χ0) is 14.4. The van der Waals surface area contributed by atoms with E-state index >= 15 is 0 Å². The van der Waals surface area contributed by atoms with Gasteiger partial charge in [-0.2, -0.15) is 0 Å². The molecule has 0 atom stereocenters. The Hall–Kier alpha value is -1.36. The van der Waals surface area contributed by atoms with E-state index in [-0.39, 0.29) is 18.2 Å². The summed E-state index contributed by atoms with van der Waals surface area (Å²) in [7, 11) is 0. The molecule has 0 aliphatic carbocycles. The van der Waals surface area contributed by atoms with Crippen molar-refractivity contribution in [1.82, 2.24) is 4.90 Å². The van der Waals surface area contributed by atoms with Crippen LogP contribution >= 0.6 is 15.9 Å². The van der Waals surface area contributed by atoms with Crippen molar-refractivity contribution in [2.75, 3.05) is 18.4 Å². The fraction of sp³-hybridized carbons (Fsp3) is 0.467. The van der Waals surface area contributed by atoms with Crippen LogP contribution in [0.4, 0.5) is 5.69 Å². The Morgan fingerprint density at radius 1 is 1.05 bits per heavy atom. The van der Waals surface area contributed by atoms with Gasteiger partial charge in [0.25, 0.3) is 0 Å². The summed E-state index contributed by atoms with van der Waals surface area (Å²) >= 11 is 3.34. The normalized spacial score (nSPS) is 15.6. The molecule has 5 heteroatoms. The Balaban J connectivity index is 1.84. The average molecular weight is 339 g/mol. The SMILES string of the molecule is O=C(CC(=O)N1CCCCCC1)Nc1ccc(Br)cc1. The highest BCUT2D eigenvalue weighted by Crippen LogP contribution is 2.15. The van der Waals surface area contributed by atoms with Crippen LogP contribution in [0.25, 0.3) is 0 Å². The van der Waals surface area contributed by atoms with Crippen molar-refractivity contribution >= 4 is 33.4 Å². The van der Waals surface area contributed by atoms with Crippen LogP contribution in [-0.4, -0.2) is 29.8 Å². The average Bonchev–Trinajstić information content (AvgIpc) is 2.70. The highest BCUT2D eigenvalue weighted by Gasteiger charge is 2.18. The molecular weight excluding hydrogens is 320 g/mol. The van der Waals surface area contributed by atoms with E-state index < -0.39 is 0 Å². The van der Waals surface area contributed by atoms with E-state index in [1.54, 1.807) is 12.1 Å². The number of nitrogens with zero attached hydrogens (tertiary/aromatic N) is 1. The molecule has 1 fully saturated rings. The molecule has 2 rings (SSSR count). The second kappa shape index (κ2) is 7.43. The molecule has 1 N–H and O–H groups in total. The van der Waals surface area contributed by atoms with Gasteiger partial charge in [0.15, 0.2) is 0 Å². The second-order valence-electron chi connectivity index (χ2n) is 5.03. The summed E-state index contributed by atoms with van der Waals surface area (Å²) in [5, 5.41) is 2.75. The second-order valence-corrected chi connectivity index (χ2v) is 5.94. The Kier molecular flexibility index (Phi) is 5.59. The van der Waals surface area contributed by atoms with Gasteiger partial charge in [-0.05, 0) is 37.1 Å². The largest absolute Gasteiger partial charge is 0.342 e. The maximum absolute atomic E-state index is 12.1. The van der Waals surface area contributed by atoms with E-state index in [4.69, 9.17) is 0 Å². The molecule has 108 valence electrons. The van der Waals surface area contributed by atoms with E-state index in [1.165, 1.54) is 12.8 Å². The molecule has 1 heterocycles. The third-order valence-electron chi connectivity index (χ3n) is 3.40. The Morgan fingerprint density at radius 3 is 2.25 bits per heavy atom. The van der Waals surface area contributed by atoms with Gasteiger partial charge < -0.3 is 10.2 Å². The number of nitrogens with one attached hydrogen (secondary N) is 1. The smallest absolute Gasteiger partial charge is 0.233 e. The Morgan fingerprint density at radius 2 is 1.65 bits per heavy atom. The van der Waals surface area contributed by atoms with Gasteiger partial charge in [0.1, 0.15) is 6.42 Å². The van der Waals surface area contributed by atoms with Crippen LogP contribution in [0.3, 0.4) is 0 Å². The van der Waals surface area contributed by atoms with Gasteiger partial charge in [0.05, 0.1) is 0 Å². The molecule has 20 heavy (non-hydrogen) atoms. The van der Waals surface area contributed by atoms with Gasteiger partial charge in [-0.3, -0.25) is 9.59 Å². The monoisotopic (exact) mass is 338 g/mol. The highest BCUT2D eigenvalue weighted by molar-refractivity contribution is 9.10. The fourth-order valence-electron chi connectivity index (χ4n) is 2.31. The lowest BCUT2D eigenvalue weighted by atomic mass is 10.2. The van der Waals surface area contributed by atoms with Crippen molar-refractivity contribution in [3.63, 3.8) is 0 Å². The number of likely N-dealkylation sites (tertiary alicyclic amines) is 1. The van der Waals surface area contributed by atoms with E-state index in [0.29, 0.717) is 5.69 Å². The molecule has 0 unspecified atom stereocenters. The van der Waals surface area contributed by atoms with Crippen LogP contribution in [0, 0.1) is 0 Å². The van der Waals surface area contributed by atoms with Gasteiger partial charge >= 0.3 is 0 Å². The molecule has 0 saturated carbocycles. The molecular formula is C15H19BrN2O2. The number of amides is 2. The molecule has 0 spiro atoms. The van der Waals surface area contributed by atoms with Gasteiger partial charge in [-0.1, -0.05) is 28.8 Å². The number of carbonyl (C=O) groups is 2. The molecule has 2 amide bonds. The first-order valence-electron chi connectivity index (χ1n) is 6.98. The van der Waals surface area contributed by atoms with Crippen molar-refractivity contribution in [2.45, 2.75) is 32.1 Å². The van der Waals surface area contributed by atoms with Gasteiger partial charge in [-0.15, -0.1) is 0 Å².